The van der Waals surface area contributed by atoms with Crippen LogP contribution in [-0.4, -0.2) is 22.4 Å². The van der Waals surface area contributed by atoms with Crippen molar-refractivity contribution in [2.75, 3.05) is 6.26 Å². The third kappa shape index (κ3) is 2.99. The highest BCUT2D eigenvalue weighted by molar-refractivity contribution is 7.97. The summed E-state index contributed by atoms with van der Waals surface area (Å²) in [5, 5.41) is 0. The zero-order valence-electron chi connectivity index (χ0n) is 7.12. The summed E-state index contributed by atoms with van der Waals surface area (Å²) in [4.78, 5) is 6.33. The lowest BCUT2D eigenvalue weighted by atomic mass is 10.4. The largest absolute Gasteiger partial charge is 0.451 e. The number of alkyl halides is 3. The van der Waals surface area contributed by atoms with Crippen molar-refractivity contribution in [2.24, 2.45) is 4.40 Å². The van der Waals surface area contributed by atoms with Crippen molar-refractivity contribution in [1.29, 1.82) is 0 Å². The molecule has 0 bridgehead atoms. The van der Waals surface area contributed by atoms with Gasteiger partial charge in [-0.15, -0.1) is 0 Å². The molecule has 0 spiro atoms. The summed E-state index contributed by atoms with van der Waals surface area (Å²) in [6, 6.07) is 0. The zero-order chi connectivity index (χ0) is 10.6. The van der Waals surface area contributed by atoms with Crippen LogP contribution in [-0.2, 0) is 6.18 Å². The topological polar surface area (TPSA) is 38.1 Å². The monoisotopic (exact) mass is 221 g/mol. The minimum absolute atomic E-state index is 0.437. The first-order valence-electron chi connectivity index (χ1n) is 3.50. The summed E-state index contributed by atoms with van der Waals surface area (Å²) < 4.78 is 39.8. The molecule has 1 aromatic heterocycles. The Hall–Kier alpha value is -1.11. The lowest BCUT2D eigenvalue weighted by molar-refractivity contribution is -0.145. The van der Waals surface area contributed by atoms with Crippen LogP contribution >= 0.6 is 11.9 Å². The second-order valence-electron chi connectivity index (χ2n) is 2.25. The number of halogens is 3. The lowest BCUT2D eigenvalue weighted by Crippen LogP contribution is -2.10. The van der Waals surface area contributed by atoms with E-state index < -0.39 is 12.0 Å². The van der Waals surface area contributed by atoms with E-state index in [1.165, 1.54) is 18.2 Å². The van der Waals surface area contributed by atoms with E-state index >= 15 is 0 Å². The third-order valence-corrected chi connectivity index (χ3v) is 1.55. The Morgan fingerprint density at radius 2 is 1.93 bits per heavy atom. The number of hydrogen-bond donors (Lipinski definition) is 0. The van der Waals surface area contributed by atoms with Crippen LogP contribution in [0.15, 0.2) is 16.8 Å². The molecular formula is C7H6F3N3S. The molecule has 0 amide bonds. The highest BCUT2D eigenvalue weighted by Gasteiger charge is 2.34. The Balaban J connectivity index is 2.84. The van der Waals surface area contributed by atoms with Crippen molar-refractivity contribution in [3.8, 4) is 0 Å². The lowest BCUT2D eigenvalue weighted by Gasteiger charge is -2.02. The van der Waals surface area contributed by atoms with Gasteiger partial charge in [-0.25, -0.2) is 14.4 Å². The van der Waals surface area contributed by atoms with Crippen LogP contribution < -0.4 is 0 Å². The molecule has 7 heteroatoms. The molecule has 1 aromatic rings. The maximum Gasteiger partial charge on any atom is 0.451 e. The third-order valence-electron chi connectivity index (χ3n) is 1.23. The SMILES string of the molecule is CSN=Cc1cnc(C(F)(F)F)nc1. The van der Waals surface area contributed by atoms with Gasteiger partial charge in [-0.2, -0.15) is 13.2 Å². The van der Waals surface area contributed by atoms with Gasteiger partial charge < -0.3 is 0 Å². The molecule has 1 rings (SSSR count). The average Bonchev–Trinajstić information content (AvgIpc) is 2.14. The maximum atomic E-state index is 12.0. The molecule has 0 atom stereocenters. The van der Waals surface area contributed by atoms with E-state index in [4.69, 9.17) is 0 Å². The molecule has 3 nitrogen and oxygen atoms in total. The van der Waals surface area contributed by atoms with E-state index in [0.29, 0.717) is 5.56 Å². The minimum Gasteiger partial charge on any atom is -0.232 e. The molecule has 0 aromatic carbocycles. The van der Waals surface area contributed by atoms with Crippen molar-refractivity contribution in [2.45, 2.75) is 6.18 Å². The summed E-state index contributed by atoms with van der Waals surface area (Å²) >= 11 is 1.20. The van der Waals surface area contributed by atoms with Crippen LogP contribution in [0.4, 0.5) is 13.2 Å². The maximum absolute atomic E-state index is 12.0. The summed E-state index contributed by atoms with van der Waals surface area (Å²) in [6.07, 6.45) is 0.798. The van der Waals surface area contributed by atoms with Gasteiger partial charge in [-0.1, -0.05) is 0 Å². The van der Waals surface area contributed by atoms with E-state index in [9.17, 15) is 13.2 Å². The second-order valence-corrected chi connectivity index (χ2v) is 2.83. The van der Waals surface area contributed by atoms with Crippen molar-refractivity contribution in [1.82, 2.24) is 9.97 Å². The summed E-state index contributed by atoms with van der Waals surface area (Å²) in [5.74, 6) is -1.14. The number of rotatable bonds is 2. The van der Waals surface area contributed by atoms with Crippen LogP contribution in [0.25, 0.3) is 0 Å². The molecule has 0 radical (unpaired) electrons. The molecule has 0 saturated carbocycles. The Morgan fingerprint density at radius 1 is 1.36 bits per heavy atom. The van der Waals surface area contributed by atoms with E-state index in [1.54, 1.807) is 6.26 Å². The molecule has 14 heavy (non-hydrogen) atoms. The van der Waals surface area contributed by atoms with Gasteiger partial charge in [-0.3, -0.25) is 0 Å². The van der Waals surface area contributed by atoms with Crippen molar-refractivity contribution in [3.63, 3.8) is 0 Å². The molecule has 76 valence electrons. The van der Waals surface area contributed by atoms with Crippen LogP contribution in [0, 0.1) is 0 Å². The smallest absolute Gasteiger partial charge is 0.232 e. The van der Waals surface area contributed by atoms with Crippen LogP contribution in [0.3, 0.4) is 0 Å². The quantitative estimate of drug-likeness (QED) is 0.567. The van der Waals surface area contributed by atoms with Crippen LogP contribution in [0.2, 0.25) is 0 Å². The molecular weight excluding hydrogens is 215 g/mol. The van der Waals surface area contributed by atoms with Gasteiger partial charge in [0.05, 0.1) is 0 Å². The predicted molar refractivity (Wildman–Crippen MR) is 48.1 cm³/mol. The van der Waals surface area contributed by atoms with Crippen LogP contribution in [0.1, 0.15) is 11.4 Å². The van der Waals surface area contributed by atoms with E-state index in [-0.39, 0.29) is 0 Å². The van der Waals surface area contributed by atoms with Gasteiger partial charge in [0, 0.05) is 30.4 Å². The number of nitrogens with zero attached hydrogens (tertiary/aromatic N) is 3. The average molecular weight is 221 g/mol. The summed E-state index contributed by atoms with van der Waals surface area (Å²) in [6.45, 7) is 0. The van der Waals surface area contributed by atoms with Gasteiger partial charge in [-0.05, 0) is 11.9 Å². The molecule has 0 aliphatic heterocycles. The highest BCUT2D eigenvalue weighted by atomic mass is 32.2. The molecule has 0 unspecified atom stereocenters. The van der Waals surface area contributed by atoms with Crippen molar-refractivity contribution >= 4 is 18.2 Å². The Labute approximate surface area is 82.6 Å². The summed E-state index contributed by atoms with van der Waals surface area (Å²) in [5.41, 5.74) is 0.437. The standard InChI is InChI=1S/C7H6F3N3S/c1-14-13-4-5-2-11-6(12-3-5)7(8,9)10/h2-4H,1H3. The van der Waals surface area contributed by atoms with Gasteiger partial charge >= 0.3 is 6.18 Å². The molecule has 1 heterocycles. The highest BCUT2D eigenvalue weighted by Crippen LogP contribution is 2.25. The molecule has 0 saturated heterocycles. The van der Waals surface area contributed by atoms with Gasteiger partial charge in [0.25, 0.3) is 0 Å². The van der Waals surface area contributed by atoms with Gasteiger partial charge in [0.2, 0.25) is 5.82 Å². The van der Waals surface area contributed by atoms with E-state index in [0.717, 1.165) is 12.4 Å². The molecule has 0 fully saturated rings. The fraction of sp³-hybridized carbons (Fsp3) is 0.286. The fourth-order valence-electron chi connectivity index (χ4n) is 0.665. The molecule has 0 aliphatic carbocycles. The zero-order valence-corrected chi connectivity index (χ0v) is 7.93. The second kappa shape index (κ2) is 4.41. The normalized spacial score (nSPS) is 12.3. The van der Waals surface area contributed by atoms with Crippen LogP contribution in [0.5, 0.6) is 0 Å². The Bertz CT molecular complexity index is 320. The van der Waals surface area contributed by atoms with Crippen molar-refractivity contribution < 1.29 is 13.2 Å². The van der Waals surface area contributed by atoms with E-state index in [2.05, 4.69) is 14.4 Å². The van der Waals surface area contributed by atoms with E-state index in [1.807, 2.05) is 0 Å². The predicted octanol–water partition coefficient (Wildman–Crippen LogP) is 2.19. The summed E-state index contributed by atoms with van der Waals surface area (Å²) in [7, 11) is 0. The Kier molecular flexibility index (Phi) is 3.45. The number of aromatic nitrogens is 2. The fourth-order valence-corrected chi connectivity index (χ4v) is 0.892. The first-order chi connectivity index (χ1) is 6.54. The first-order valence-corrected chi connectivity index (χ1v) is 4.68. The van der Waals surface area contributed by atoms with Gasteiger partial charge in [0.1, 0.15) is 0 Å². The molecule has 0 N–H and O–H groups in total. The molecule has 0 aliphatic rings. The Morgan fingerprint density at radius 3 is 2.36 bits per heavy atom. The minimum atomic E-state index is -4.49. The number of hydrogen-bond acceptors (Lipinski definition) is 4. The first kappa shape index (κ1) is 11.0. The van der Waals surface area contributed by atoms with Crippen molar-refractivity contribution in [3.05, 3.63) is 23.8 Å². The van der Waals surface area contributed by atoms with Gasteiger partial charge in [0.15, 0.2) is 0 Å².